The Hall–Kier alpha value is -2.67. The van der Waals surface area contributed by atoms with E-state index < -0.39 is 0 Å². The van der Waals surface area contributed by atoms with Crippen molar-refractivity contribution in [1.29, 1.82) is 0 Å². The van der Waals surface area contributed by atoms with E-state index in [-0.39, 0.29) is 17.0 Å². The lowest BCUT2D eigenvalue weighted by atomic mass is 10.1. The fraction of sp³-hybridized carbons (Fsp3) is 0.167. The molecule has 0 spiro atoms. The predicted octanol–water partition coefficient (Wildman–Crippen LogP) is 3.00. The Kier molecular flexibility index (Phi) is 5.45. The van der Waals surface area contributed by atoms with Gasteiger partial charge >= 0.3 is 0 Å². The molecule has 2 aromatic rings. The predicted molar refractivity (Wildman–Crippen MR) is 97.6 cm³/mol. The van der Waals surface area contributed by atoms with Gasteiger partial charge in [-0.25, -0.2) is 4.39 Å². The van der Waals surface area contributed by atoms with Crippen LogP contribution in [0, 0.1) is 5.82 Å². The third-order valence-electron chi connectivity index (χ3n) is 3.60. The molecular formula is C18H16FN3O2S. The molecule has 1 N–H and O–H groups in total. The van der Waals surface area contributed by atoms with E-state index in [1.54, 1.807) is 25.5 Å². The van der Waals surface area contributed by atoms with Crippen molar-refractivity contribution in [2.24, 2.45) is 10.2 Å². The van der Waals surface area contributed by atoms with E-state index in [0.29, 0.717) is 17.3 Å². The Morgan fingerprint density at radius 3 is 2.76 bits per heavy atom. The molecule has 128 valence electrons. The third-order valence-corrected chi connectivity index (χ3v) is 4.67. The van der Waals surface area contributed by atoms with E-state index in [0.717, 1.165) is 11.1 Å². The number of nitrogens with zero attached hydrogens (tertiary/aromatic N) is 2. The quantitative estimate of drug-likeness (QED) is 0.661. The highest BCUT2D eigenvalue weighted by molar-refractivity contribution is 8.15. The molecule has 0 saturated carbocycles. The van der Waals surface area contributed by atoms with E-state index in [4.69, 9.17) is 4.74 Å². The van der Waals surface area contributed by atoms with Gasteiger partial charge in [-0.2, -0.15) is 5.10 Å². The van der Waals surface area contributed by atoms with Gasteiger partial charge in [-0.1, -0.05) is 36.0 Å². The molecule has 1 heterocycles. The topological polar surface area (TPSA) is 63.1 Å². The molecule has 1 fully saturated rings. The van der Waals surface area contributed by atoms with Gasteiger partial charge in [0.25, 0.3) is 0 Å². The number of carbonyl (C=O) groups excluding carboxylic acids is 1. The van der Waals surface area contributed by atoms with Crippen LogP contribution in [0.15, 0.2) is 58.7 Å². The first-order valence-electron chi connectivity index (χ1n) is 7.61. The summed E-state index contributed by atoms with van der Waals surface area (Å²) in [7, 11) is 1.59. The summed E-state index contributed by atoms with van der Waals surface area (Å²) in [6.45, 7) is 0. The maximum atomic E-state index is 12.9. The van der Waals surface area contributed by atoms with Crippen LogP contribution in [-0.2, 0) is 11.2 Å². The highest BCUT2D eigenvalue weighted by Gasteiger charge is 2.30. The summed E-state index contributed by atoms with van der Waals surface area (Å²) in [5.41, 5.74) is 1.69. The highest BCUT2D eigenvalue weighted by atomic mass is 32.2. The molecule has 7 heteroatoms. The third kappa shape index (κ3) is 4.45. The van der Waals surface area contributed by atoms with Crippen LogP contribution in [0.1, 0.15) is 11.1 Å². The minimum atomic E-state index is -0.300. The van der Waals surface area contributed by atoms with Crippen LogP contribution < -0.4 is 10.1 Å². The van der Waals surface area contributed by atoms with Crippen LogP contribution >= 0.6 is 11.8 Å². The lowest BCUT2D eigenvalue weighted by molar-refractivity contribution is -0.118. The van der Waals surface area contributed by atoms with Gasteiger partial charge < -0.3 is 10.1 Å². The minimum absolute atomic E-state index is 0.124. The summed E-state index contributed by atoms with van der Waals surface area (Å²) < 4.78 is 18.2. The van der Waals surface area contributed by atoms with Crippen molar-refractivity contribution < 1.29 is 13.9 Å². The lowest BCUT2D eigenvalue weighted by Gasteiger charge is -2.04. The summed E-state index contributed by atoms with van der Waals surface area (Å²) in [5.74, 6) is 0.282. The fourth-order valence-corrected chi connectivity index (χ4v) is 3.30. The molecule has 1 atom stereocenters. The zero-order valence-electron chi connectivity index (χ0n) is 13.5. The number of thioether (sulfide) groups is 1. The lowest BCUT2D eigenvalue weighted by Crippen LogP contribution is -2.25. The summed E-state index contributed by atoms with van der Waals surface area (Å²) in [4.78, 5) is 12.0. The van der Waals surface area contributed by atoms with Gasteiger partial charge in [0.05, 0.1) is 18.6 Å². The molecule has 0 unspecified atom stereocenters. The molecule has 0 aliphatic carbocycles. The minimum Gasteiger partial charge on any atom is -0.496 e. The molecule has 1 amide bonds. The Morgan fingerprint density at radius 1 is 1.24 bits per heavy atom. The Labute approximate surface area is 149 Å². The highest BCUT2D eigenvalue weighted by Crippen LogP contribution is 2.23. The number of rotatable bonds is 5. The summed E-state index contributed by atoms with van der Waals surface area (Å²) in [5, 5.41) is 10.9. The van der Waals surface area contributed by atoms with E-state index in [2.05, 4.69) is 15.5 Å². The summed E-state index contributed by atoms with van der Waals surface area (Å²) in [6, 6.07) is 13.6. The molecule has 5 nitrogen and oxygen atoms in total. The molecule has 0 radical (unpaired) electrons. The maximum absolute atomic E-state index is 12.9. The van der Waals surface area contributed by atoms with Crippen LogP contribution in [0.4, 0.5) is 4.39 Å². The van der Waals surface area contributed by atoms with E-state index in [9.17, 15) is 9.18 Å². The molecule has 2 aromatic carbocycles. The first-order chi connectivity index (χ1) is 12.2. The zero-order chi connectivity index (χ0) is 17.6. The second kappa shape index (κ2) is 7.94. The van der Waals surface area contributed by atoms with Gasteiger partial charge in [0.1, 0.15) is 11.6 Å². The average Bonchev–Trinajstić information content (AvgIpc) is 2.97. The van der Waals surface area contributed by atoms with Crippen LogP contribution in [-0.4, -0.2) is 29.6 Å². The maximum Gasteiger partial charge on any atom is 0.239 e. The number of benzene rings is 2. The average molecular weight is 357 g/mol. The zero-order valence-corrected chi connectivity index (χ0v) is 14.3. The Bertz CT molecular complexity index is 821. The van der Waals surface area contributed by atoms with Gasteiger partial charge in [-0.05, 0) is 36.2 Å². The van der Waals surface area contributed by atoms with Gasteiger partial charge in [-0.15, -0.1) is 5.10 Å². The number of ether oxygens (including phenoxy) is 1. The molecule has 1 aliphatic heterocycles. The summed E-state index contributed by atoms with van der Waals surface area (Å²) in [6.07, 6.45) is 2.08. The van der Waals surface area contributed by atoms with Crippen LogP contribution in [0.3, 0.4) is 0 Å². The number of methoxy groups -OCH3 is 1. The number of nitrogens with one attached hydrogen (secondary N) is 1. The smallest absolute Gasteiger partial charge is 0.239 e. The summed E-state index contributed by atoms with van der Waals surface area (Å²) >= 11 is 1.31. The molecule has 1 saturated heterocycles. The van der Waals surface area contributed by atoms with Crippen molar-refractivity contribution in [2.45, 2.75) is 11.7 Å². The van der Waals surface area contributed by atoms with Crippen LogP contribution in [0.2, 0.25) is 0 Å². The fourth-order valence-electron chi connectivity index (χ4n) is 2.34. The van der Waals surface area contributed by atoms with E-state index >= 15 is 0 Å². The van der Waals surface area contributed by atoms with Crippen molar-refractivity contribution >= 4 is 29.1 Å². The van der Waals surface area contributed by atoms with Gasteiger partial charge in [0, 0.05) is 5.56 Å². The molecule has 3 rings (SSSR count). The number of carbonyl (C=O) groups is 1. The van der Waals surface area contributed by atoms with Crippen molar-refractivity contribution in [3.63, 3.8) is 0 Å². The van der Waals surface area contributed by atoms with E-state index in [1.165, 1.54) is 23.9 Å². The number of para-hydroxylation sites is 1. The molecule has 0 aromatic heterocycles. The van der Waals surface area contributed by atoms with Gasteiger partial charge in [0.2, 0.25) is 5.91 Å². The first kappa shape index (κ1) is 17.2. The van der Waals surface area contributed by atoms with Crippen LogP contribution in [0.5, 0.6) is 5.75 Å². The molecule has 1 aliphatic rings. The van der Waals surface area contributed by atoms with Gasteiger partial charge in [0.15, 0.2) is 5.17 Å². The first-order valence-corrected chi connectivity index (χ1v) is 8.49. The van der Waals surface area contributed by atoms with E-state index in [1.807, 2.05) is 24.3 Å². The van der Waals surface area contributed by atoms with Crippen molar-refractivity contribution in [2.75, 3.05) is 7.11 Å². The number of hydrogen-bond donors (Lipinski definition) is 1. The second-order valence-electron chi connectivity index (χ2n) is 5.32. The largest absolute Gasteiger partial charge is 0.496 e. The molecular weight excluding hydrogens is 341 g/mol. The number of halogens is 1. The number of amidine groups is 1. The number of hydrogen-bond acceptors (Lipinski definition) is 5. The standard InChI is InChI=1S/C18H16FN3O2S/c1-24-15-5-3-2-4-13(15)11-20-22-18-21-17(23)16(25-18)10-12-6-8-14(19)9-7-12/h2-9,11,16H,10H2,1H3,(H,21,22,23)/b20-11-/t16-/m0/s1. The van der Waals surface area contributed by atoms with Crippen molar-refractivity contribution in [1.82, 2.24) is 5.32 Å². The SMILES string of the molecule is COc1ccccc1/C=N\N=C1/NC(=O)[C@H](Cc2ccc(F)cc2)S1. The normalized spacial score (nSPS) is 18.7. The second-order valence-corrected chi connectivity index (χ2v) is 6.51. The van der Waals surface area contributed by atoms with Crippen molar-refractivity contribution in [3.05, 3.63) is 65.5 Å². The number of amides is 1. The molecule has 25 heavy (non-hydrogen) atoms. The van der Waals surface area contributed by atoms with Crippen LogP contribution in [0.25, 0.3) is 0 Å². The van der Waals surface area contributed by atoms with Crippen molar-refractivity contribution in [3.8, 4) is 5.75 Å². The molecule has 0 bridgehead atoms. The van der Waals surface area contributed by atoms with Gasteiger partial charge in [-0.3, -0.25) is 4.79 Å². The Morgan fingerprint density at radius 2 is 2.00 bits per heavy atom. The monoisotopic (exact) mass is 357 g/mol. The Balaban J connectivity index is 1.64.